The molecule has 0 saturated carbocycles. The van der Waals surface area contributed by atoms with Gasteiger partial charge in [-0.05, 0) is 52.2 Å². The molecular formula is C17H14N2O2S. The van der Waals surface area contributed by atoms with Crippen LogP contribution in [0.1, 0.15) is 11.3 Å². The van der Waals surface area contributed by atoms with Crippen LogP contribution in [0.15, 0.2) is 64.2 Å². The third-order valence-electron chi connectivity index (χ3n) is 3.06. The van der Waals surface area contributed by atoms with Gasteiger partial charge in [-0.3, -0.25) is 9.78 Å². The van der Waals surface area contributed by atoms with Gasteiger partial charge in [0.25, 0.3) is 0 Å². The summed E-state index contributed by atoms with van der Waals surface area (Å²) in [5.41, 5.74) is 3.16. The monoisotopic (exact) mass is 310 g/mol. The summed E-state index contributed by atoms with van der Waals surface area (Å²) in [5.74, 6) is 0.480. The van der Waals surface area contributed by atoms with Crippen LogP contribution in [0, 0.1) is 0 Å². The minimum atomic E-state index is -0.169. The van der Waals surface area contributed by atoms with E-state index in [0.29, 0.717) is 12.3 Å². The molecule has 3 aromatic rings. The minimum absolute atomic E-state index is 0.169. The van der Waals surface area contributed by atoms with Crippen molar-refractivity contribution in [3.63, 3.8) is 0 Å². The van der Waals surface area contributed by atoms with Crippen molar-refractivity contribution in [1.29, 1.82) is 0 Å². The molecule has 0 radical (unpaired) electrons. The number of furan rings is 1. The van der Waals surface area contributed by atoms with Crippen molar-refractivity contribution in [3.8, 4) is 11.1 Å². The molecule has 0 aliphatic carbocycles. The van der Waals surface area contributed by atoms with E-state index in [0.717, 1.165) is 16.7 Å². The Labute approximate surface area is 132 Å². The highest BCUT2D eigenvalue weighted by atomic mass is 32.1. The molecule has 0 unspecified atom stereocenters. The summed E-state index contributed by atoms with van der Waals surface area (Å²) in [5, 5.41) is 6.93. The van der Waals surface area contributed by atoms with Gasteiger partial charge in [0.05, 0.1) is 6.26 Å². The lowest BCUT2D eigenvalue weighted by Gasteiger charge is -2.04. The number of nitrogens with one attached hydrogen (secondary N) is 1. The zero-order valence-corrected chi connectivity index (χ0v) is 12.5. The van der Waals surface area contributed by atoms with E-state index in [1.807, 2.05) is 17.6 Å². The third-order valence-corrected chi connectivity index (χ3v) is 3.74. The lowest BCUT2D eigenvalue weighted by atomic mass is 10.1. The largest absolute Gasteiger partial charge is 0.465 e. The van der Waals surface area contributed by atoms with E-state index < -0.39 is 0 Å². The van der Waals surface area contributed by atoms with Crippen molar-refractivity contribution in [2.45, 2.75) is 6.54 Å². The number of hydrogen-bond donors (Lipinski definition) is 1. The molecular weight excluding hydrogens is 296 g/mol. The number of carbonyl (C=O) groups excluding carboxylic acids is 1. The number of carbonyl (C=O) groups is 1. The fourth-order valence-corrected chi connectivity index (χ4v) is 2.63. The fourth-order valence-electron chi connectivity index (χ4n) is 1.96. The van der Waals surface area contributed by atoms with Crippen molar-refractivity contribution in [1.82, 2.24) is 10.3 Å². The van der Waals surface area contributed by atoms with Crippen LogP contribution in [0.25, 0.3) is 17.2 Å². The second-order valence-electron chi connectivity index (χ2n) is 4.66. The first kappa shape index (κ1) is 14.3. The SMILES string of the molecule is O=C(C=Cc1ccco1)NCc1cncc(-c2ccsc2)c1. The van der Waals surface area contributed by atoms with Crippen LogP contribution < -0.4 is 5.32 Å². The molecule has 1 N–H and O–H groups in total. The molecule has 22 heavy (non-hydrogen) atoms. The van der Waals surface area contributed by atoms with Crippen molar-refractivity contribution in [2.75, 3.05) is 0 Å². The Morgan fingerprint density at radius 3 is 3.05 bits per heavy atom. The number of rotatable bonds is 5. The standard InChI is InChI=1S/C17H14N2O2S/c20-17(4-3-16-2-1-6-21-16)19-10-13-8-15(11-18-9-13)14-5-7-22-12-14/h1-9,11-12H,10H2,(H,19,20). The first-order valence-corrected chi connectivity index (χ1v) is 7.71. The number of thiophene rings is 1. The topological polar surface area (TPSA) is 55.1 Å². The van der Waals surface area contributed by atoms with Gasteiger partial charge < -0.3 is 9.73 Å². The molecule has 0 aliphatic heterocycles. The smallest absolute Gasteiger partial charge is 0.244 e. The highest BCUT2D eigenvalue weighted by Gasteiger charge is 2.02. The number of pyridine rings is 1. The number of amides is 1. The Hall–Kier alpha value is -2.66. The van der Waals surface area contributed by atoms with Gasteiger partial charge in [0.2, 0.25) is 5.91 Å². The zero-order chi connectivity index (χ0) is 15.2. The van der Waals surface area contributed by atoms with Crippen LogP contribution in [-0.2, 0) is 11.3 Å². The minimum Gasteiger partial charge on any atom is -0.465 e. The van der Waals surface area contributed by atoms with Gasteiger partial charge in [-0.25, -0.2) is 0 Å². The number of aromatic nitrogens is 1. The average Bonchev–Trinajstić information content (AvgIpc) is 3.24. The van der Waals surface area contributed by atoms with Crippen LogP contribution in [0.4, 0.5) is 0 Å². The molecule has 0 spiro atoms. The summed E-state index contributed by atoms with van der Waals surface area (Å²) in [4.78, 5) is 16.0. The van der Waals surface area contributed by atoms with E-state index in [2.05, 4.69) is 21.7 Å². The van der Waals surface area contributed by atoms with Gasteiger partial charge >= 0.3 is 0 Å². The summed E-state index contributed by atoms with van der Waals surface area (Å²) in [6.45, 7) is 0.437. The summed E-state index contributed by atoms with van der Waals surface area (Å²) < 4.78 is 5.13. The molecule has 1 amide bonds. The molecule has 110 valence electrons. The Morgan fingerprint density at radius 2 is 2.27 bits per heavy atom. The van der Waals surface area contributed by atoms with Gasteiger partial charge in [-0.2, -0.15) is 11.3 Å². The van der Waals surface area contributed by atoms with Crippen LogP contribution in [0.5, 0.6) is 0 Å². The fraction of sp³-hybridized carbons (Fsp3) is 0.0588. The Bertz CT molecular complexity index is 762. The van der Waals surface area contributed by atoms with Gasteiger partial charge in [0.1, 0.15) is 5.76 Å². The molecule has 3 heterocycles. The first-order valence-electron chi connectivity index (χ1n) is 6.77. The zero-order valence-electron chi connectivity index (χ0n) is 11.7. The van der Waals surface area contributed by atoms with Gasteiger partial charge in [-0.1, -0.05) is 0 Å². The van der Waals surface area contributed by atoms with Gasteiger partial charge in [0.15, 0.2) is 0 Å². The molecule has 4 nitrogen and oxygen atoms in total. The van der Waals surface area contributed by atoms with Gasteiger partial charge in [-0.15, -0.1) is 0 Å². The molecule has 0 saturated heterocycles. The van der Waals surface area contributed by atoms with E-state index in [-0.39, 0.29) is 5.91 Å². The lowest BCUT2D eigenvalue weighted by molar-refractivity contribution is -0.116. The third kappa shape index (κ3) is 3.71. The normalized spacial score (nSPS) is 10.9. The predicted molar refractivity (Wildman–Crippen MR) is 87.1 cm³/mol. The van der Waals surface area contributed by atoms with E-state index >= 15 is 0 Å². The molecule has 0 aromatic carbocycles. The molecule has 0 fully saturated rings. The van der Waals surface area contributed by atoms with Gasteiger partial charge in [0, 0.05) is 30.6 Å². The lowest BCUT2D eigenvalue weighted by Crippen LogP contribution is -2.20. The molecule has 0 bridgehead atoms. The predicted octanol–water partition coefficient (Wildman–Crippen LogP) is 3.73. The van der Waals surface area contributed by atoms with Crippen LogP contribution in [0.3, 0.4) is 0 Å². The second kappa shape index (κ2) is 6.87. The van der Waals surface area contributed by atoms with Crippen LogP contribution in [-0.4, -0.2) is 10.9 Å². The quantitative estimate of drug-likeness (QED) is 0.731. The maximum absolute atomic E-state index is 11.8. The Morgan fingerprint density at radius 1 is 1.32 bits per heavy atom. The molecule has 0 atom stereocenters. The Kier molecular flexibility index (Phi) is 4.46. The number of hydrogen-bond acceptors (Lipinski definition) is 4. The molecule has 5 heteroatoms. The first-order chi connectivity index (χ1) is 10.8. The summed E-state index contributed by atoms with van der Waals surface area (Å²) in [6, 6.07) is 7.65. The molecule has 3 aromatic heterocycles. The summed E-state index contributed by atoms with van der Waals surface area (Å²) in [7, 11) is 0. The van der Waals surface area contributed by atoms with Crippen molar-refractivity contribution >= 4 is 23.3 Å². The number of nitrogens with zero attached hydrogens (tertiary/aromatic N) is 1. The average molecular weight is 310 g/mol. The summed E-state index contributed by atoms with van der Waals surface area (Å²) >= 11 is 1.65. The van der Waals surface area contributed by atoms with Crippen LogP contribution in [0.2, 0.25) is 0 Å². The van der Waals surface area contributed by atoms with Crippen LogP contribution >= 0.6 is 11.3 Å². The van der Waals surface area contributed by atoms with E-state index in [4.69, 9.17) is 4.42 Å². The van der Waals surface area contributed by atoms with E-state index in [1.165, 1.54) is 6.08 Å². The van der Waals surface area contributed by atoms with Crippen molar-refractivity contribution in [2.24, 2.45) is 0 Å². The van der Waals surface area contributed by atoms with E-state index in [1.54, 1.807) is 42.0 Å². The summed E-state index contributed by atoms with van der Waals surface area (Å²) in [6.07, 6.45) is 8.24. The maximum atomic E-state index is 11.8. The van der Waals surface area contributed by atoms with E-state index in [9.17, 15) is 4.79 Å². The highest BCUT2D eigenvalue weighted by Crippen LogP contribution is 2.21. The maximum Gasteiger partial charge on any atom is 0.244 e. The molecule has 3 rings (SSSR count). The highest BCUT2D eigenvalue weighted by molar-refractivity contribution is 7.08. The second-order valence-corrected chi connectivity index (χ2v) is 5.44. The Balaban J connectivity index is 1.59. The molecule has 0 aliphatic rings. The van der Waals surface area contributed by atoms with Crippen molar-refractivity contribution in [3.05, 3.63) is 71.1 Å². The van der Waals surface area contributed by atoms with Crippen molar-refractivity contribution < 1.29 is 9.21 Å².